The molecule has 6 nitrogen and oxygen atoms in total. The van der Waals surface area contributed by atoms with Crippen molar-refractivity contribution in [3.63, 3.8) is 0 Å². The summed E-state index contributed by atoms with van der Waals surface area (Å²) in [7, 11) is 0. The Morgan fingerprint density at radius 1 is 0.633 bits per heavy atom. The number of rotatable bonds is 0. The third-order valence-corrected chi connectivity index (χ3v) is 8.92. The van der Waals surface area contributed by atoms with E-state index in [-0.39, 0.29) is 0 Å². The molecule has 0 aliphatic carbocycles. The van der Waals surface area contributed by atoms with Gasteiger partial charge in [-0.05, 0) is 22.3 Å². The molecule has 152 valence electrons. The van der Waals surface area contributed by atoms with Gasteiger partial charge in [-0.1, -0.05) is 94.7 Å². The Kier molecular flexibility index (Phi) is 5.64. The van der Waals surface area contributed by atoms with E-state index in [1.807, 2.05) is 12.1 Å². The lowest BCUT2D eigenvalue weighted by Gasteiger charge is -2.10. The summed E-state index contributed by atoms with van der Waals surface area (Å²) in [6.45, 7) is 1.09. The Balaban J connectivity index is 1.58. The number of benzene rings is 2. The van der Waals surface area contributed by atoms with Crippen LogP contribution in [0.1, 0.15) is 22.3 Å². The molecule has 3 heterocycles. The first-order valence-corrected chi connectivity index (χ1v) is 12.9. The summed E-state index contributed by atoms with van der Waals surface area (Å²) < 4.78 is 5.35. The second kappa shape index (κ2) is 8.54. The van der Waals surface area contributed by atoms with E-state index in [9.17, 15) is 0 Å². The summed E-state index contributed by atoms with van der Waals surface area (Å²) in [4.78, 5) is 0.899. The molecule has 10 heteroatoms. The van der Waals surface area contributed by atoms with Crippen LogP contribution in [0.15, 0.2) is 57.2 Å². The topological polar surface area (TPSA) is 83.3 Å². The number of hydrogen-bond donors (Lipinski definition) is 2. The maximum absolute atomic E-state index is 8.37. The van der Waals surface area contributed by atoms with Crippen LogP contribution in [-0.2, 0) is 24.6 Å². The molecule has 2 aromatic heterocycles. The van der Waals surface area contributed by atoms with Gasteiger partial charge in [0.1, 0.15) is 0 Å². The van der Waals surface area contributed by atoms with Gasteiger partial charge in [-0.2, -0.15) is 10.2 Å². The Hall–Kier alpha value is -2.14. The Labute approximate surface area is 189 Å². The largest absolute Gasteiger partial charge is 0.274 e. The standard InChI is InChI=1S/C20H18N6S4/c21-17-25-9-13-5-1-2-6-14(13)10-26-18(22)30-20(24-26)28-12-16-8-4-3-7-15(16)11-27-19(23-25)29-17/h1-8,21-22H,9-12H2. The highest BCUT2D eigenvalue weighted by atomic mass is 32.2. The van der Waals surface area contributed by atoms with Crippen LogP contribution in [0.5, 0.6) is 0 Å². The van der Waals surface area contributed by atoms with Crippen molar-refractivity contribution < 1.29 is 0 Å². The summed E-state index contributed by atoms with van der Waals surface area (Å²) >= 11 is 6.21. The molecule has 4 bridgehead atoms. The number of nitrogens with zero attached hydrogens (tertiary/aromatic N) is 4. The molecule has 2 aromatic carbocycles. The van der Waals surface area contributed by atoms with Gasteiger partial charge in [0.25, 0.3) is 0 Å². The fourth-order valence-electron chi connectivity index (χ4n) is 3.24. The van der Waals surface area contributed by atoms with Crippen LogP contribution in [0, 0.1) is 10.8 Å². The van der Waals surface area contributed by atoms with Crippen LogP contribution in [0.25, 0.3) is 0 Å². The van der Waals surface area contributed by atoms with Gasteiger partial charge in [0.2, 0.25) is 9.60 Å². The minimum absolute atomic E-state index is 0.449. The molecule has 5 rings (SSSR count). The molecule has 30 heavy (non-hydrogen) atoms. The molecule has 0 atom stereocenters. The third kappa shape index (κ3) is 4.18. The van der Waals surface area contributed by atoms with E-state index in [1.165, 1.54) is 33.8 Å². The summed E-state index contributed by atoms with van der Waals surface area (Å²) in [5.41, 5.74) is 4.75. The molecule has 0 saturated carbocycles. The Morgan fingerprint density at radius 3 is 1.47 bits per heavy atom. The predicted molar refractivity (Wildman–Crippen MR) is 122 cm³/mol. The van der Waals surface area contributed by atoms with Gasteiger partial charge < -0.3 is 0 Å². The highest BCUT2D eigenvalue weighted by Gasteiger charge is 2.13. The average molecular weight is 471 g/mol. The number of nitrogens with one attached hydrogen (secondary N) is 2. The van der Waals surface area contributed by atoms with Crippen molar-refractivity contribution in [2.24, 2.45) is 0 Å². The minimum Gasteiger partial charge on any atom is -0.274 e. The van der Waals surface area contributed by atoms with Crippen molar-refractivity contribution in [1.29, 1.82) is 10.8 Å². The van der Waals surface area contributed by atoms with Gasteiger partial charge in [0, 0.05) is 11.5 Å². The number of hydrogen-bond acceptors (Lipinski definition) is 8. The van der Waals surface area contributed by atoms with E-state index < -0.39 is 0 Å². The van der Waals surface area contributed by atoms with Crippen LogP contribution < -0.4 is 9.60 Å². The normalized spacial score (nSPS) is 14.1. The Morgan fingerprint density at radius 2 is 1.03 bits per heavy atom. The highest BCUT2D eigenvalue weighted by molar-refractivity contribution is 8.00. The first-order chi connectivity index (χ1) is 14.7. The summed E-state index contributed by atoms with van der Waals surface area (Å²) in [6, 6.07) is 16.6. The predicted octanol–water partition coefficient (Wildman–Crippen LogP) is 4.16. The molecule has 0 radical (unpaired) electrons. The second-order valence-electron chi connectivity index (χ2n) is 6.78. The van der Waals surface area contributed by atoms with E-state index in [1.54, 1.807) is 32.9 Å². The molecule has 0 fully saturated rings. The fraction of sp³-hybridized carbons (Fsp3) is 0.200. The highest BCUT2D eigenvalue weighted by Crippen LogP contribution is 2.29. The van der Waals surface area contributed by atoms with Crippen molar-refractivity contribution in [3.05, 3.63) is 80.4 Å². The van der Waals surface area contributed by atoms with E-state index in [0.29, 0.717) is 22.7 Å². The summed E-state index contributed by atoms with van der Waals surface area (Å²) in [6.07, 6.45) is 0. The van der Waals surface area contributed by atoms with Crippen molar-refractivity contribution in [2.45, 2.75) is 33.3 Å². The van der Waals surface area contributed by atoms with Crippen molar-refractivity contribution >= 4 is 46.2 Å². The van der Waals surface area contributed by atoms with Crippen molar-refractivity contribution in [1.82, 2.24) is 19.6 Å². The summed E-state index contributed by atoms with van der Waals surface area (Å²) in [5, 5.41) is 26.1. The maximum Gasteiger partial charge on any atom is 0.201 e. The fourth-order valence-corrected chi connectivity index (χ4v) is 7.00. The molecule has 0 amide bonds. The lowest BCUT2D eigenvalue weighted by molar-refractivity contribution is 0.603. The molecular formula is C20H18N6S4. The first-order valence-electron chi connectivity index (χ1n) is 9.30. The van der Waals surface area contributed by atoms with Crippen molar-refractivity contribution in [3.8, 4) is 0 Å². The van der Waals surface area contributed by atoms with E-state index in [2.05, 4.69) is 36.4 Å². The van der Waals surface area contributed by atoms with E-state index >= 15 is 0 Å². The molecule has 1 aliphatic rings. The smallest absolute Gasteiger partial charge is 0.201 e. The Bertz CT molecular complexity index is 1210. The second-order valence-corrected chi connectivity index (χ2v) is 11.2. The lowest BCUT2D eigenvalue weighted by Crippen LogP contribution is -2.20. The van der Waals surface area contributed by atoms with E-state index in [0.717, 1.165) is 31.3 Å². The minimum atomic E-state index is 0.449. The molecule has 0 unspecified atom stereocenters. The molecule has 0 saturated heterocycles. The zero-order valence-corrected chi connectivity index (χ0v) is 19.1. The van der Waals surface area contributed by atoms with Gasteiger partial charge in [-0.15, -0.1) is 0 Å². The van der Waals surface area contributed by atoms with Gasteiger partial charge in [0.15, 0.2) is 8.68 Å². The molecule has 4 aromatic rings. The number of fused-ring (bicyclic) bond motifs is 6. The maximum atomic E-state index is 8.37. The first kappa shape index (κ1) is 19.8. The van der Waals surface area contributed by atoms with Crippen LogP contribution in [0.4, 0.5) is 0 Å². The van der Waals surface area contributed by atoms with Gasteiger partial charge in [-0.3, -0.25) is 10.8 Å². The van der Waals surface area contributed by atoms with Gasteiger partial charge in [-0.25, -0.2) is 9.36 Å². The number of aromatic nitrogens is 4. The van der Waals surface area contributed by atoms with Crippen molar-refractivity contribution in [2.75, 3.05) is 0 Å². The zero-order chi connectivity index (χ0) is 20.5. The van der Waals surface area contributed by atoms with Gasteiger partial charge >= 0.3 is 0 Å². The lowest BCUT2D eigenvalue weighted by atomic mass is 10.1. The quantitative estimate of drug-likeness (QED) is 0.404. The number of thioether (sulfide) groups is 2. The molecule has 2 N–H and O–H groups in total. The van der Waals surface area contributed by atoms with Crippen LogP contribution >= 0.6 is 46.2 Å². The van der Waals surface area contributed by atoms with Crippen LogP contribution in [-0.4, -0.2) is 19.6 Å². The third-order valence-electron chi connectivity index (χ3n) is 4.82. The SMILES string of the molecule is N=c1sc2nn1Cc1ccccc1Cn1nc(sc1=N)SCc1ccccc1CS2. The van der Waals surface area contributed by atoms with Crippen LogP contribution in [0.3, 0.4) is 0 Å². The van der Waals surface area contributed by atoms with Crippen LogP contribution in [0.2, 0.25) is 0 Å². The molecule has 1 aliphatic heterocycles. The van der Waals surface area contributed by atoms with E-state index in [4.69, 9.17) is 21.0 Å². The monoisotopic (exact) mass is 470 g/mol. The molecule has 0 spiro atoms. The summed E-state index contributed by atoms with van der Waals surface area (Å²) in [5.74, 6) is 1.64. The van der Waals surface area contributed by atoms with Gasteiger partial charge in [0.05, 0.1) is 13.1 Å². The average Bonchev–Trinajstić information content (AvgIpc) is 3.28. The molecular weight excluding hydrogens is 453 g/mol. The zero-order valence-electron chi connectivity index (χ0n) is 15.9.